The van der Waals surface area contributed by atoms with Gasteiger partial charge >= 0.3 is 0 Å². The molecule has 12 heteroatoms. The Morgan fingerprint density at radius 2 is 1.89 bits per heavy atom. The minimum Gasteiger partial charge on any atom is -0.493 e. The maximum absolute atomic E-state index is 13.2. The van der Waals surface area contributed by atoms with E-state index in [9.17, 15) is 23.4 Å². The summed E-state index contributed by atoms with van der Waals surface area (Å²) in [6, 6.07) is 4.31. The molecule has 1 aromatic carbocycles. The largest absolute Gasteiger partial charge is 0.493 e. The first kappa shape index (κ1) is 25.3. The lowest BCUT2D eigenvalue weighted by atomic mass is 10.1. The van der Waals surface area contributed by atoms with Crippen LogP contribution in [0.2, 0.25) is 0 Å². The van der Waals surface area contributed by atoms with Crippen LogP contribution >= 0.6 is 0 Å². The lowest BCUT2D eigenvalue weighted by molar-refractivity contribution is 0.217. The number of hydrogen-bond donors (Lipinski definition) is 3. The van der Waals surface area contributed by atoms with Crippen LogP contribution in [0.15, 0.2) is 27.9 Å². The molecule has 0 aliphatic heterocycles. The van der Waals surface area contributed by atoms with E-state index in [2.05, 4.69) is 15.1 Å². The van der Waals surface area contributed by atoms with E-state index in [4.69, 9.17) is 4.74 Å². The van der Waals surface area contributed by atoms with E-state index in [1.54, 1.807) is 18.4 Å². The number of rotatable bonds is 10. The van der Waals surface area contributed by atoms with Gasteiger partial charge in [-0.15, -0.1) is 5.10 Å². The lowest BCUT2D eigenvalue weighted by Crippen LogP contribution is -2.35. The zero-order valence-corrected chi connectivity index (χ0v) is 20.7. The summed E-state index contributed by atoms with van der Waals surface area (Å²) in [5.41, 5.74) is 0.900. The van der Waals surface area contributed by atoms with Gasteiger partial charge in [-0.25, -0.2) is 17.9 Å². The van der Waals surface area contributed by atoms with Crippen LogP contribution in [0.5, 0.6) is 5.75 Å². The number of nitrogens with zero attached hydrogens (tertiary/aromatic N) is 4. The van der Waals surface area contributed by atoms with Crippen molar-refractivity contribution in [3.05, 3.63) is 40.1 Å². The van der Waals surface area contributed by atoms with Crippen molar-refractivity contribution in [2.45, 2.75) is 50.3 Å². The predicted molar refractivity (Wildman–Crippen MR) is 129 cm³/mol. The van der Waals surface area contributed by atoms with Gasteiger partial charge in [-0.05, 0) is 44.9 Å². The third-order valence-electron chi connectivity index (χ3n) is 6.26. The molecule has 35 heavy (non-hydrogen) atoms. The number of nitrogens with one attached hydrogen (secondary N) is 1. The average Bonchev–Trinajstić information content (AvgIpc) is 3.47. The van der Waals surface area contributed by atoms with Crippen molar-refractivity contribution in [2.24, 2.45) is 0 Å². The van der Waals surface area contributed by atoms with Crippen molar-refractivity contribution < 1.29 is 23.4 Å². The summed E-state index contributed by atoms with van der Waals surface area (Å²) in [4.78, 5) is 20.4. The van der Waals surface area contributed by atoms with E-state index in [1.165, 1.54) is 18.2 Å². The summed E-state index contributed by atoms with van der Waals surface area (Å²) in [6.45, 7) is 2.80. The van der Waals surface area contributed by atoms with Crippen molar-refractivity contribution >= 4 is 15.5 Å². The molecule has 0 saturated heterocycles. The van der Waals surface area contributed by atoms with Crippen LogP contribution < -0.4 is 10.3 Å². The minimum absolute atomic E-state index is 0.0709. The van der Waals surface area contributed by atoms with Gasteiger partial charge in [0, 0.05) is 19.0 Å². The molecule has 2 heterocycles. The van der Waals surface area contributed by atoms with E-state index in [0.29, 0.717) is 29.1 Å². The Labute approximate surface area is 203 Å². The molecule has 190 valence electrons. The molecular formula is C23H31N5O6S. The molecule has 11 nitrogen and oxygen atoms in total. The molecule has 0 unspecified atom stereocenters. The summed E-state index contributed by atoms with van der Waals surface area (Å²) in [5.74, 6) is 1.47. The first-order valence-electron chi connectivity index (χ1n) is 11.8. The Kier molecular flexibility index (Phi) is 7.55. The molecule has 3 N–H and O–H groups in total. The predicted octanol–water partition coefficient (Wildman–Crippen LogP) is 1.42. The van der Waals surface area contributed by atoms with E-state index >= 15 is 0 Å². The smallest absolute Gasteiger partial charge is 0.277 e. The van der Waals surface area contributed by atoms with Gasteiger partial charge in [-0.1, -0.05) is 12.8 Å². The summed E-state index contributed by atoms with van der Waals surface area (Å²) < 4.78 is 34.8. The summed E-state index contributed by atoms with van der Waals surface area (Å²) in [5, 5.41) is 23.3. The van der Waals surface area contributed by atoms with Gasteiger partial charge in [-0.2, -0.15) is 4.31 Å². The maximum Gasteiger partial charge on any atom is 0.277 e. The maximum atomic E-state index is 13.2. The summed E-state index contributed by atoms with van der Waals surface area (Å²) >= 11 is 0. The van der Waals surface area contributed by atoms with Crippen LogP contribution in [-0.4, -0.2) is 75.4 Å². The van der Waals surface area contributed by atoms with Crippen LogP contribution in [0.4, 0.5) is 0 Å². The minimum atomic E-state index is -4.04. The zero-order valence-electron chi connectivity index (χ0n) is 19.9. The molecule has 4 rings (SSSR count). The molecule has 0 amide bonds. The number of fused-ring (bicyclic) bond motifs is 1. The van der Waals surface area contributed by atoms with Gasteiger partial charge in [0.25, 0.3) is 5.56 Å². The number of aliphatic hydroxyl groups is 2. The van der Waals surface area contributed by atoms with Crippen LogP contribution in [-0.2, 0) is 10.0 Å². The Bertz CT molecular complexity index is 1350. The molecule has 1 fully saturated rings. The van der Waals surface area contributed by atoms with Crippen LogP contribution in [0.3, 0.4) is 0 Å². The number of hydrogen-bond acceptors (Lipinski definition) is 8. The fourth-order valence-corrected chi connectivity index (χ4v) is 6.07. The Hall–Kier alpha value is -2.80. The molecule has 0 spiro atoms. The second-order valence-corrected chi connectivity index (χ2v) is 10.5. The van der Waals surface area contributed by atoms with Gasteiger partial charge in [-0.3, -0.25) is 4.79 Å². The van der Waals surface area contributed by atoms with E-state index in [0.717, 1.165) is 35.8 Å². The highest BCUT2D eigenvalue weighted by atomic mass is 32.2. The molecule has 0 bridgehead atoms. The molecule has 3 aromatic rings. The number of aliphatic hydroxyl groups excluding tert-OH is 2. The standard InChI is InChI=1S/C23H31N5O6S/c1-3-34-19-9-8-17(35(32,33)27(10-12-29)11-13-30)14-18(19)21-25-23(31)20-15(2)24-22(28(20)26-21)16-6-4-5-7-16/h8-9,14,16,29-30H,3-7,10-13H2,1-2H3,(H,25,26,31). The number of sulfonamides is 1. The normalized spacial score (nSPS) is 14.9. The number of aryl methyl sites for hydroxylation is 1. The van der Waals surface area contributed by atoms with Crippen LogP contribution in [0.25, 0.3) is 16.9 Å². The Morgan fingerprint density at radius 1 is 1.20 bits per heavy atom. The molecule has 1 aliphatic rings. The number of ether oxygens (including phenoxy) is 1. The monoisotopic (exact) mass is 505 g/mol. The van der Waals surface area contributed by atoms with Gasteiger partial charge in [0.1, 0.15) is 11.6 Å². The van der Waals surface area contributed by atoms with Crippen molar-refractivity contribution in [3.8, 4) is 17.1 Å². The van der Waals surface area contributed by atoms with E-state index in [-0.39, 0.29) is 35.3 Å². The molecule has 0 atom stereocenters. The van der Waals surface area contributed by atoms with E-state index < -0.39 is 23.2 Å². The van der Waals surface area contributed by atoms with Gasteiger partial charge in [0.2, 0.25) is 10.0 Å². The first-order valence-corrected chi connectivity index (χ1v) is 13.2. The number of imidazole rings is 1. The van der Waals surface area contributed by atoms with Crippen LogP contribution in [0, 0.1) is 6.92 Å². The highest BCUT2D eigenvalue weighted by molar-refractivity contribution is 7.89. The quantitative estimate of drug-likeness (QED) is 0.374. The second-order valence-electron chi connectivity index (χ2n) is 8.54. The Balaban J connectivity index is 1.89. The zero-order chi connectivity index (χ0) is 25.2. The van der Waals surface area contributed by atoms with Crippen molar-refractivity contribution in [2.75, 3.05) is 32.9 Å². The topological polar surface area (TPSA) is 150 Å². The molecular weight excluding hydrogens is 474 g/mol. The van der Waals surface area contributed by atoms with Gasteiger partial charge in [0.05, 0.1) is 36.0 Å². The number of aromatic nitrogens is 4. The molecule has 2 aromatic heterocycles. The lowest BCUT2D eigenvalue weighted by Gasteiger charge is -2.21. The van der Waals surface area contributed by atoms with E-state index in [1.807, 2.05) is 0 Å². The fourth-order valence-electron chi connectivity index (χ4n) is 4.62. The van der Waals surface area contributed by atoms with Crippen molar-refractivity contribution in [3.63, 3.8) is 0 Å². The fraction of sp³-hybridized carbons (Fsp3) is 0.522. The Morgan fingerprint density at radius 3 is 2.51 bits per heavy atom. The van der Waals surface area contributed by atoms with Crippen LogP contribution in [0.1, 0.15) is 50.0 Å². The summed E-state index contributed by atoms with van der Waals surface area (Å²) in [7, 11) is -4.04. The highest BCUT2D eigenvalue weighted by Gasteiger charge is 2.27. The van der Waals surface area contributed by atoms with Crippen molar-refractivity contribution in [1.29, 1.82) is 0 Å². The third kappa shape index (κ3) is 4.83. The third-order valence-corrected chi connectivity index (χ3v) is 8.16. The number of aromatic amines is 1. The molecule has 0 radical (unpaired) electrons. The average molecular weight is 506 g/mol. The van der Waals surface area contributed by atoms with Gasteiger partial charge < -0.3 is 19.9 Å². The summed E-state index contributed by atoms with van der Waals surface area (Å²) in [6.07, 6.45) is 4.15. The second kappa shape index (κ2) is 10.4. The molecule has 1 saturated carbocycles. The first-order chi connectivity index (χ1) is 16.8. The highest BCUT2D eigenvalue weighted by Crippen LogP contribution is 2.35. The number of benzene rings is 1. The number of H-pyrrole nitrogens is 1. The molecule has 1 aliphatic carbocycles. The van der Waals surface area contributed by atoms with Gasteiger partial charge in [0.15, 0.2) is 11.3 Å². The van der Waals surface area contributed by atoms with Crippen molar-refractivity contribution in [1.82, 2.24) is 23.9 Å². The SMILES string of the molecule is CCOc1ccc(S(=O)(=O)N(CCO)CCO)cc1-c1nn2c(C3CCCC3)nc(C)c2c(=O)[nH]1.